The van der Waals surface area contributed by atoms with Crippen LogP contribution >= 0.6 is 0 Å². The smallest absolute Gasteiger partial charge is 0.00985 e. The monoisotopic (exact) mass is 273 g/mol. The Morgan fingerprint density at radius 2 is 1.80 bits per heavy atom. The van der Waals surface area contributed by atoms with Crippen LogP contribution in [0.25, 0.3) is 0 Å². The van der Waals surface area contributed by atoms with Gasteiger partial charge in [-0.05, 0) is 74.6 Å². The fourth-order valence-electron chi connectivity index (χ4n) is 3.92. The fraction of sp³-hybridized carbons (Fsp3) is 0.684. The Morgan fingerprint density at radius 3 is 2.40 bits per heavy atom. The molecule has 0 spiro atoms. The first kappa shape index (κ1) is 15.6. The second-order valence-corrected chi connectivity index (χ2v) is 6.59. The average molecular weight is 273 g/mol. The molecule has 0 radical (unpaired) electrons. The molecule has 3 atom stereocenters. The lowest BCUT2D eigenvalue weighted by Crippen LogP contribution is -2.41. The number of rotatable bonds is 5. The first-order valence-electron chi connectivity index (χ1n) is 8.44. The predicted molar refractivity (Wildman–Crippen MR) is 88.2 cm³/mol. The van der Waals surface area contributed by atoms with E-state index in [-0.39, 0.29) is 0 Å². The molecule has 0 aromatic heterocycles. The van der Waals surface area contributed by atoms with Crippen LogP contribution in [0.2, 0.25) is 0 Å². The number of hydrogen-bond acceptors (Lipinski definition) is 1. The van der Waals surface area contributed by atoms with E-state index in [1.807, 2.05) is 0 Å². The quantitative estimate of drug-likeness (QED) is 0.823. The molecule has 0 aliphatic heterocycles. The molecule has 1 N–H and O–H groups in total. The fourth-order valence-corrected chi connectivity index (χ4v) is 3.92. The maximum atomic E-state index is 3.74. The highest BCUT2D eigenvalue weighted by atomic mass is 14.9. The van der Waals surface area contributed by atoms with E-state index in [0.717, 1.165) is 24.4 Å². The summed E-state index contributed by atoms with van der Waals surface area (Å²) in [5, 5.41) is 3.74. The second-order valence-electron chi connectivity index (χ2n) is 6.59. The summed E-state index contributed by atoms with van der Waals surface area (Å²) in [6, 6.07) is 7.45. The Hall–Kier alpha value is -0.820. The summed E-state index contributed by atoms with van der Waals surface area (Å²) in [5.74, 6) is 1.76. The van der Waals surface area contributed by atoms with Crippen molar-refractivity contribution in [3.05, 3.63) is 34.9 Å². The lowest BCUT2D eigenvalue weighted by atomic mass is 9.73. The molecule has 1 heteroatoms. The predicted octanol–water partition coefficient (Wildman–Crippen LogP) is 4.65. The number of nitrogens with one attached hydrogen (secondary N) is 1. The second kappa shape index (κ2) is 7.26. The van der Waals surface area contributed by atoms with Gasteiger partial charge in [-0.15, -0.1) is 0 Å². The standard InChI is InChI=1S/C19H31N/c1-5-16-10-11-19(20-6-2)17(12-16)13-18-14(3)8-7-9-15(18)4/h7-9,16-17,19-20H,5-6,10-13H2,1-4H3. The first-order chi connectivity index (χ1) is 9.65. The lowest BCUT2D eigenvalue weighted by molar-refractivity contribution is 0.199. The Morgan fingerprint density at radius 1 is 1.10 bits per heavy atom. The number of benzene rings is 1. The molecule has 20 heavy (non-hydrogen) atoms. The molecule has 0 amide bonds. The zero-order valence-corrected chi connectivity index (χ0v) is 13.7. The van der Waals surface area contributed by atoms with Gasteiger partial charge in [0, 0.05) is 6.04 Å². The zero-order valence-electron chi connectivity index (χ0n) is 13.7. The average Bonchev–Trinajstić information content (AvgIpc) is 2.45. The summed E-state index contributed by atoms with van der Waals surface area (Å²) in [7, 11) is 0. The Bertz CT molecular complexity index is 404. The van der Waals surface area contributed by atoms with Gasteiger partial charge in [0.2, 0.25) is 0 Å². The van der Waals surface area contributed by atoms with Gasteiger partial charge in [-0.2, -0.15) is 0 Å². The van der Waals surface area contributed by atoms with Crippen molar-refractivity contribution in [1.82, 2.24) is 5.32 Å². The van der Waals surface area contributed by atoms with Crippen LogP contribution < -0.4 is 5.32 Å². The lowest BCUT2D eigenvalue weighted by Gasteiger charge is -2.37. The van der Waals surface area contributed by atoms with E-state index in [1.54, 1.807) is 5.56 Å². The maximum Gasteiger partial charge on any atom is 0.00985 e. The van der Waals surface area contributed by atoms with Crippen LogP contribution in [0.3, 0.4) is 0 Å². The highest BCUT2D eigenvalue weighted by molar-refractivity contribution is 5.34. The molecule has 1 aromatic rings. The summed E-state index contributed by atoms with van der Waals surface area (Å²) < 4.78 is 0. The number of aryl methyl sites for hydroxylation is 2. The molecule has 3 unspecified atom stereocenters. The van der Waals surface area contributed by atoms with Gasteiger partial charge in [0.15, 0.2) is 0 Å². The van der Waals surface area contributed by atoms with Gasteiger partial charge in [0.25, 0.3) is 0 Å². The van der Waals surface area contributed by atoms with E-state index in [1.165, 1.54) is 43.2 Å². The van der Waals surface area contributed by atoms with Crippen molar-refractivity contribution >= 4 is 0 Å². The Kier molecular flexibility index (Phi) is 5.65. The van der Waals surface area contributed by atoms with Crippen molar-refractivity contribution < 1.29 is 0 Å². The molecule has 1 saturated carbocycles. The third-order valence-corrected chi connectivity index (χ3v) is 5.25. The molecular weight excluding hydrogens is 242 g/mol. The summed E-state index contributed by atoms with van der Waals surface area (Å²) in [6.07, 6.45) is 6.79. The van der Waals surface area contributed by atoms with Gasteiger partial charge in [-0.25, -0.2) is 0 Å². The summed E-state index contributed by atoms with van der Waals surface area (Å²) in [5.41, 5.74) is 4.54. The topological polar surface area (TPSA) is 12.0 Å². The van der Waals surface area contributed by atoms with Gasteiger partial charge in [-0.3, -0.25) is 0 Å². The SMILES string of the molecule is CCNC1CCC(CC)CC1Cc1c(C)cccc1C. The molecule has 1 fully saturated rings. The van der Waals surface area contributed by atoms with Crippen LogP contribution in [-0.4, -0.2) is 12.6 Å². The molecule has 1 nitrogen and oxygen atoms in total. The molecule has 2 rings (SSSR count). The van der Waals surface area contributed by atoms with E-state index in [0.29, 0.717) is 0 Å². The van der Waals surface area contributed by atoms with Gasteiger partial charge in [0.1, 0.15) is 0 Å². The van der Waals surface area contributed by atoms with Gasteiger partial charge in [0.05, 0.1) is 0 Å². The van der Waals surface area contributed by atoms with Crippen LogP contribution in [0.5, 0.6) is 0 Å². The van der Waals surface area contributed by atoms with Crippen LogP contribution in [0, 0.1) is 25.7 Å². The molecule has 112 valence electrons. The molecule has 1 aliphatic rings. The molecular formula is C19H31N. The van der Waals surface area contributed by atoms with E-state index in [2.05, 4.69) is 51.2 Å². The van der Waals surface area contributed by atoms with E-state index >= 15 is 0 Å². The van der Waals surface area contributed by atoms with Crippen LogP contribution in [0.4, 0.5) is 0 Å². The minimum Gasteiger partial charge on any atom is -0.314 e. The van der Waals surface area contributed by atoms with E-state index in [9.17, 15) is 0 Å². The van der Waals surface area contributed by atoms with Crippen LogP contribution in [0.15, 0.2) is 18.2 Å². The van der Waals surface area contributed by atoms with Gasteiger partial charge >= 0.3 is 0 Å². The minimum absolute atomic E-state index is 0.724. The first-order valence-corrected chi connectivity index (χ1v) is 8.44. The summed E-state index contributed by atoms with van der Waals surface area (Å²) in [4.78, 5) is 0. The normalized spacial score (nSPS) is 26.7. The van der Waals surface area contributed by atoms with Crippen molar-refractivity contribution in [2.75, 3.05) is 6.54 Å². The molecule has 1 aromatic carbocycles. The van der Waals surface area contributed by atoms with Crippen molar-refractivity contribution in [1.29, 1.82) is 0 Å². The third-order valence-electron chi connectivity index (χ3n) is 5.25. The highest BCUT2D eigenvalue weighted by Gasteiger charge is 2.29. The molecule has 0 saturated heterocycles. The van der Waals surface area contributed by atoms with Crippen molar-refractivity contribution in [2.24, 2.45) is 11.8 Å². The summed E-state index contributed by atoms with van der Waals surface area (Å²) >= 11 is 0. The Labute approximate surface area is 125 Å². The van der Waals surface area contributed by atoms with E-state index < -0.39 is 0 Å². The van der Waals surface area contributed by atoms with Crippen molar-refractivity contribution in [3.8, 4) is 0 Å². The molecule has 0 heterocycles. The Balaban J connectivity index is 2.14. The van der Waals surface area contributed by atoms with Crippen molar-refractivity contribution in [2.45, 2.75) is 65.8 Å². The maximum absolute atomic E-state index is 3.74. The third kappa shape index (κ3) is 3.63. The summed E-state index contributed by atoms with van der Waals surface area (Å²) in [6.45, 7) is 10.2. The van der Waals surface area contributed by atoms with Crippen molar-refractivity contribution in [3.63, 3.8) is 0 Å². The molecule has 1 aliphatic carbocycles. The largest absolute Gasteiger partial charge is 0.314 e. The minimum atomic E-state index is 0.724. The highest BCUT2D eigenvalue weighted by Crippen LogP contribution is 2.34. The van der Waals surface area contributed by atoms with Crippen LogP contribution in [-0.2, 0) is 6.42 Å². The zero-order chi connectivity index (χ0) is 14.5. The van der Waals surface area contributed by atoms with Crippen LogP contribution in [0.1, 0.15) is 56.2 Å². The number of hydrogen-bond donors (Lipinski definition) is 1. The van der Waals surface area contributed by atoms with Gasteiger partial charge in [-0.1, -0.05) is 38.5 Å². The van der Waals surface area contributed by atoms with E-state index in [4.69, 9.17) is 0 Å². The van der Waals surface area contributed by atoms with Gasteiger partial charge < -0.3 is 5.32 Å². The molecule has 0 bridgehead atoms.